The van der Waals surface area contributed by atoms with Crippen molar-refractivity contribution in [1.29, 1.82) is 0 Å². The molecule has 0 fully saturated rings. The lowest BCUT2D eigenvalue weighted by Crippen LogP contribution is -2.13. The van der Waals surface area contributed by atoms with E-state index in [1.807, 2.05) is 44.3 Å². The van der Waals surface area contributed by atoms with E-state index in [1.54, 1.807) is 0 Å². The van der Waals surface area contributed by atoms with Crippen molar-refractivity contribution in [2.75, 3.05) is 42.9 Å². The van der Waals surface area contributed by atoms with Crippen molar-refractivity contribution < 1.29 is 0 Å². The van der Waals surface area contributed by atoms with Gasteiger partial charge in [0.15, 0.2) is 0 Å². The van der Waals surface area contributed by atoms with Crippen LogP contribution in [-0.2, 0) is 0 Å². The van der Waals surface area contributed by atoms with E-state index >= 15 is 0 Å². The van der Waals surface area contributed by atoms with Crippen molar-refractivity contribution >= 4 is 23.1 Å². The first kappa shape index (κ1) is 13.2. The highest BCUT2D eigenvalue weighted by molar-refractivity contribution is 7.98. The number of thioether (sulfide) groups is 1. The van der Waals surface area contributed by atoms with Gasteiger partial charge < -0.3 is 10.2 Å². The molecule has 0 saturated carbocycles. The van der Waals surface area contributed by atoms with E-state index in [4.69, 9.17) is 0 Å². The molecule has 0 spiro atoms. The zero-order valence-electron chi connectivity index (χ0n) is 10.4. The van der Waals surface area contributed by atoms with Crippen molar-refractivity contribution in [3.8, 4) is 0 Å². The first-order valence-corrected chi connectivity index (χ1v) is 6.99. The molecule has 0 aliphatic carbocycles. The molecule has 0 radical (unpaired) electrons. The molecule has 1 rings (SSSR count). The summed E-state index contributed by atoms with van der Waals surface area (Å²) < 4.78 is 0. The molecule has 3 nitrogen and oxygen atoms in total. The molecule has 0 saturated heterocycles. The van der Waals surface area contributed by atoms with Crippen LogP contribution in [0.25, 0.3) is 0 Å². The molecule has 0 bridgehead atoms. The highest BCUT2D eigenvalue weighted by Gasteiger charge is 2.02. The Hall–Kier alpha value is -0.900. The summed E-state index contributed by atoms with van der Waals surface area (Å²) in [5.41, 5.74) is 2.32. The van der Waals surface area contributed by atoms with Gasteiger partial charge in [0.25, 0.3) is 0 Å². The van der Waals surface area contributed by atoms with E-state index in [-0.39, 0.29) is 0 Å². The summed E-state index contributed by atoms with van der Waals surface area (Å²) in [5.74, 6) is 1.25. The van der Waals surface area contributed by atoms with Gasteiger partial charge in [0.1, 0.15) is 0 Å². The SMILES string of the molecule is CSCCCCNc1cnccc1N(C)C. The maximum Gasteiger partial charge on any atom is 0.0764 e. The molecular weight excluding hydrogens is 218 g/mol. The Morgan fingerprint density at radius 3 is 2.88 bits per heavy atom. The Balaban J connectivity index is 2.41. The number of rotatable bonds is 7. The highest BCUT2D eigenvalue weighted by atomic mass is 32.2. The first-order valence-electron chi connectivity index (χ1n) is 5.60. The quantitative estimate of drug-likeness (QED) is 0.741. The van der Waals surface area contributed by atoms with Gasteiger partial charge in [0.05, 0.1) is 17.6 Å². The summed E-state index contributed by atoms with van der Waals surface area (Å²) >= 11 is 1.91. The number of hydrogen-bond acceptors (Lipinski definition) is 4. The molecule has 0 aliphatic rings. The van der Waals surface area contributed by atoms with Crippen LogP contribution >= 0.6 is 11.8 Å². The third-order valence-electron chi connectivity index (χ3n) is 2.37. The lowest BCUT2D eigenvalue weighted by Gasteiger charge is -2.17. The fourth-order valence-electron chi connectivity index (χ4n) is 1.51. The second-order valence-electron chi connectivity index (χ2n) is 3.91. The Bertz CT molecular complexity index is 302. The fourth-order valence-corrected chi connectivity index (χ4v) is 2.00. The van der Waals surface area contributed by atoms with Crippen LogP contribution in [0.2, 0.25) is 0 Å². The second kappa shape index (κ2) is 7.39. The summed E-state index contributed by atoms with van der Waals surface area (Å²) in [6, 6.07) is 2.03. The Labute approximate surface area is 103 Å². The third kappa shape index (κ3) is 4.31. The average Bonchev–Trinajstić information content (AvgIpc) is 2.29. The van der Waals surface area contributed by atoms with Crippen molar-refractivity contribution in [3.63, 3.8) is 0 Å². The van der Waals surface area contributed by atoms with Gasteiger partial charge >= 0.3 is 0 Å². The summed E-state index contributed by atoms with van der Waals surface area (Å²) in [4.78, 5) is 6.25. The van der Waals surface area contributed by atoms with Crippen molar-refractivity contribution in [3.05, 3.63) is 18.5 Å². The number of hydrogen-bond donors (Lipinski definition) is 1. The van der Waals surface area contributed by atoms with Gasteiger partial charge in [0.2, 0.25) is 0 Å². The molecule has 0 unspecified atom stereocenters. The molecule has 1 aromatic rings. The predicted octanol–water partition coefficient (Wildman–Crippen LogP) is 2.70. The molecular formula is C12H21N3S. The fraction of sp³-hybridized carbons (Fsp3) is 0.583. The first-order chi connectivity index (χ1) is 7.75. The van der Waals surface area contributed by atoms with E-state index in [0.717, 1.165) is 12.2 Å². The van der Waals surface area contributed by atoms with Crippen LogP contribution < -0.4 is 10.2 Å². The monoisotopic (exact) mass is 239 g/mol. The normalized spacial score (nSPS) is 10.2. The Morgan fingerprint density at radius 2 is 2.19 bits per heavy atom. The minimum atomic E-state index is 1.02. The van der Waals surface area contributed by atoms with Crippen molar-refractivity contribution in [2.45, 2.75) is 12.8 Å². The largest absolute Gasteiger partial charge is 0.382 e. The van der Waals surface area contributed by atoms with E-state index in [1.165, 1.54) is 24.3 Å². The summed E-state index contributed by atoms with van der Waals surface area (Å²) in [5, 5.41) is 3.44. The number of aromatic nitrogens is 1. The zero-order chi connectivity index (χ0) is 11.8. The molecule has 1 aromatic heterocycles. The topological polar surface area (TPSA) is 28.2 Å². The van der Waals surface area contributed by atoms with Crippen LogP contribution in [-0.4, -0.2) is 37.6 Å². The Kier molecular flexibility index (Phi) is 6.08. The number of anilines is 2. The van der Waals surface area contributed by atoms with Gasteiger partial charge in [0, 0.05) is 26.8 Å². The molecule has 0 amide bonds. The van der Waals surface area contributed by atoms with Crippen LogP contribution in [0.15, 0.2) is 18.5 Å². The maximum absolute atomic E-state index is 4.15. The van der Waals surface area contributed by atoms with Crippen LogP contribution in [0.1, 0.15) is 12.8 Å². The predicted molar refractivity (Wildman–Crippen MR) is 74.7 cm³/mol. The second-order valence-corrected chi connectivity index (χ2v) is 4.90. The van der Waals surface area contributed by atoms with Gasteiger partial charge in [-0.2, -0.15) is 11.8 Å². The molecule has 0 aromatic carbocycles. The molecule has 1 heterocycles. The maximum atomic E-state index is 4.15. The van der Waals surface area contributed by atoms with E-state index < -0.39 is 0 Å². The van der Waals surface area contributed by atoms with Crippen LogP contribution in [0.4, 0.5) is 11.4 Å². The zero-order valence-corrected chi connectivity index (χ0v) is 11.2. The number of unbranched alkanes of at least 4 members (excludes halogenated alkanes) is 1. The molecule has 0 aliphatic heterocycles. The van der Waals surface area contributed by atoms with E-state index in [2.05, 4.69) is 21.5 Å². The Morgan fingerprint density at radius 1 is 1.38 bits per heavy atom. The summed E-state index contributed by atoms with van der Waals surface area (Å²) in [7, 11) is 4.10. The molecule has 4 heteroatoms. The van der Waals surface area contributed by atoms with Gasteiger partial charge in [-0.15, -0.1) is 0 Å². The lowest BCUT2D eigenvalue weighted by atomic mass is 10.3. The van der Waals surface area contributed by atoms with E-state index in [9.17, 15) is 0 Å². The number of nitrogens with zero attached hydrogens (tertiary/aromatic N) is 2. The smallest absolute Gasteiger partial charge is 0.0764 e. The third-order valence-corrected chi connectivity index (χ3v) is 3.07. The standard InChI is InChI=1S/C12H21N3S/c1-15(2)12-6-8-13-10-11(12)14-7-4-5-9-16-3/h6,8,10,14H,4-5,7,9H2,1-3H3. The van der Waals surface area contributed by atoms with Gasteiger partial charge in [-0.05, 0) is 30.9 Å². The average molecular weight is 239 g/mol. The van der Waals surface area contributed by atoms with Crippen LogP contribution in [0.3, 0.4) is 0 Å². The van der Waals surface area contributed by atoms with Crippen LogP contribution in [0.5, 0.6) is 0 Å². The van der Waals surface area contributed by atoms with Crippen molar-refractivity contribution in [1.82, 2.24) is 4.98 Å². The molecule has 16 heavy (non-hydrogen) atoms. The minimum absolute atomic E-state index is 1.02. The summed E-state index contributed by atoms with van der Waals surface area (Å²) in [6.45, 7) is 1.02. The molecule has 0 atom stereocenters. The van der Waals surface area contributed by atoms with Crippen molar-refractivity contribution in [2.24, 2.45) is 0 Å². The molecule has 90 valence electrons. The summed E-state index contributed by atoms with van der Waals surface area (Å²) in [6.07, 6.45) is 8.35. The van der Waals surface area contributed by atoms with Crippen LogP contribution in [0, 0.1) is 0 Å². The lowest BCUT2D eigenvalue weighted by molar-refractivity contribution is 0.842. The van der Waals surface area contributed by atoms with Gasteiger partial charge in [-0.25, -0.2) is 0 Å². The molecule has 1 N–H and O–H groups in total. The number of pyridine rings is 1. The van der Waals surface area contributed by atoms with Gasteiger partial charge in [-0.1, -0.05) is 0 Å². The van der Waals surface area contributed by atoms with E-state index in [0.29, 0.717) is 0 Å². The van der Waals surface area contributed by atoms with Gasteiger partial charge in [-0.3, -0.25) is 4.98 Å². The minimum Gasteiger partial charge on any atom is -0.382 e. The number of nitrogens with one attached hydrogen (secondary N) is 1. The highest BCUT2D eigenvalue weighted by Crippen LogP contribution is 2.21.